The molecule has 1 aromatic heterocycles. The molecule has 0 amide bonds. The zero-order chi connectivity index (χ0) is 12.4. The monoisotopic (exact) mass is 247 g/mol. The molecule has 0 fully saturated rings. The van der Waals surface area contributed by atoms with Gasteiger partial charge in [-0.15, -0.1) is 0 Å². The molecule has 1 unspecified atom stereocenters. The van der Waals surface area contributed by atoms with Crippen molar-refractivity contribution >= 4 is 22.4 Å². The molecule has 0 saturated carbocycles. The smallest absolute Gasteiger partial charge is 0.142 e. The molecule has 3 nitrogen and oxygen atoms in total. The summed E-state index contributed by atoms with van der Waals surface area (Å²) in [6.07, 6.45) is 0. The molecule has 1 atom stereocenters. The number of nitrogens with one attached hydrogen (secondary N) is 1. The van der Waals surface area contributed by atoms with E-state index in [0.717, 1.165) is 10.6 Å². The van der Waals surface area contributed by atoms with Crippen LogP contribution in [0.2, 0.25) is 0 Å². The Balaban J connectivity index is 2.20. The summed E-state index contributed by atoms with van der Waals surface area (Å²) < 4.78 is 4.14. The van der Waals surface area contributed by atoms with E-state index in [0.29, 0.717) is 5.82 Å². The van der Waals surface area contributed by atoms with Gasteiger partial charge in [0.25, 0.3) is 0 Å². The second-order valence-electron chi connectivity index (χ2n) is 4.24. The van der Waals surface area contributed by atoms with Gasteiger partial charge in [-0.1, -0.05) is 24.3 Å². The first-order valence-corrected chi connectivity index (χ1v) is 6.40. The van der Waals surface area contributed by atoms with Crippen LogP contribution in [0.3, 0.4) is 0 Å². The number of aryl methyl sites for hydroxylation is 1. The number of nitrogens with zero attached hydrogens (tertiary/aromatic N) is 1. The zero-order valence-electron chi connectivity index (χ0n) is 10.3. The predicted octanol–water partition coefficient (Wildman–Crippen LogP) is 3.52. The minimum atomic E-state index is 0.259. The molecule has 2 rings (SSSR count). The van der Waals surface area contributed by atoms with Crippen molar-refractivity contribution in [3.63, 3.8) is 0 Å². The van der Waals surface area contributed by atoms with Crippen LogP contribution >= 0.6 is 11.5 Å². The molecule has 90 valence electrons. The number of aromatic nitrogens is 1. The van der Waals surface area contributed by atoms with E-state index in [4.69, 9.17) is 5.73 Å². The first-order valence-electron chi connectivity index (χ1n) is 5.63. The van der Waals surface area contributed by atoms with Gasteiger partial charge < -0.3 is 11.1 Å². The van der Waals surface area contributed by atoms with Gasteiger partial charge >= 0.3 is 0 Å². The third-order valence-electron chi connectivity index (χ3n) is 2.96. The number of rotatable bonds is 3. The van der Waals surface area contributed by atoms with Crippen molar-refractivity contribution in [2.45, 2.75) is 26.8 Å². The summed E-state index contributed by atoms with van der Waals surface area (Å²) in [4.78, 5) is 0. The number of hydrogen-bond acceptors (Lipinski definition) is 4. The van der Waals surface area contributed by atoms with Gasteiger partial charge in [0.2, 0.25) is 0 Å². The minimum Gasteiger partial charge on any atom is -0.383 e. The van der Waals surface area contributed by atoms with Crippen molar-refractivity contribution in [3.8, 4) is 0 Å². The van der Waals surface area contributed by atoms with E-state index in [1.54, 1.807) is 0 Å². The summed E-state index contributed by atoms with van der Waals surface area (Å²) in [6, 6.07) is 8.65. The maximum atomic E-state index is 5.74. The van der Waals surface area contributed by atoms with Crippen molar-refractivity contribution in [2.75, 3.05) is 11.1 Å². The number of hydrogen-bond donors (Lipinski definition) is 2. The number of nitrogens with two attached hydrogens (primary N) is 1. The van der Waals surface area contributed by atoms with Gasteiger partial charge in [-0.25, -0.2) is 0 Å². The third kappa shape index (κ3) is 2.42. The molecule has 0 saturated heterocycles. The SMILES string of the molecule is Cc1ccccc1C(C)Nc1snc(N)c1C. The number of benzene rings is 1. The van der Waals surface area contributed by atoms with Crippen LogP contribution in [0.4, 0.5) is 10.8 Å². The molecule has 1 heterocycles. The normalized spacial score (nSPS) is 12.4. The highest BCUT2D eigenvalue weighted by molar-refractivity contribution is 7.10. The molecule has 0 spiro atoms. The van der Waals surface area contributed by atoms with Gasteiger partial charge in [0.15, 0.2) is 0 Å². The lowest BCUT2D eigenvalue weighted by atomic mass is 10.0. The van der Waals surface area contributed by atoms with Gasteiger partial charge in [-0.3, -0.25) is 0 Å². The van der Waals surface area contributed by atoms with Crippen LogP contribution < -0.4 is 11.1 Å². The largest absolute Gasteiger partial charge is 0.383 e. The first kappa shape index (κ1) is 11.9. The fourth-order valence-corrected chi connectivity index (χ4v) is 2.63. The topological polar surface area (TPSA) is 50.9 Å². The van der Waals surface area contributed by atoms with Crippen LogP contribution in [0.1, 0.15) is 29.7 Å². The highest BCUT2D eigenvalue weighted by Gasteiger charge is 2.12. The predicted molar refractivity (Wildman–Crippen MR) is 74.5 cm³/mol. The van der Waals surface area contributed by atoms with Gasteiger partial charge in [0.05, 0.1) is 0 Å². The van der Waals surface area contributed by atoms with Crippen LogP contribution in [0, 0.1) is 13.8 Å². The van der Waals surface area contributed by atoms with Crippen molar-refractivity contribution in [1.29, 1.82) is 0 Å². The average Bonchev–Trinajstić information content (AvgIpc) is 2.61. The second-order valence-corrected chi connectivity index (χ2v) is 5.02. The molecular weight excluding hydrogens is 230 g/mol. The summed E-state index contributed by atoms with van der Waals surface area (Å²) in [5.41, 5.74) is 9.38. The van der Waals surface area contributed by atoms with Crippen LogP contribution in [0.15, 0.2) is 24.3 Å². The van der Waals surface area contributed by atoms with E-state index in [-0.39, 0.29) is 6.04 Å². The molecule has 0 bridgehead atoms. The van der Waals surface area contributed by atoms with Crippen LogP contribution in [0.5, 0.6) is 0 Å². The summed E-state index contributed by atoms with van der Waals surface area (Å²) in [5.74, 6) is 0.620. The molecule has 3 N–H and O–H groups in total. The second kappa shape index (κ2) is 4.75. The molecule has 17 heavy (non-hydrogen) atoms. The summed E-state index contributed by atoms with van der Waals surface area (Å²) in [6.45, 7) is 6.27. The fourth-order valence-electron chi connectivity index (χ4n) is 1.83. The highest BCUT2D eigenvalue weighted by Crippen LogP contribution is 2.29. The number of nitrogen functional groups attached to an aromatic ring is 1. The Morgan fingerprint density at radius 2 is 2.00 bits per heavy atom. The summed E-state index contributed by atoms with van der Waals surface area (Å²) in [7, 11) is 0. The molecule has 0 radical (unpaired) electrons. The van der Waals surface area contributed by atoms with E-state index < -0.39 is 0 Å². The van der Waals surface area contributed by atoms with E-state index >= 15 is 0 Å². The Kier molecular flexibility index (Phi) is 3.33. The first-order chi connectivity index (χ1) is 8.09. The maximum Gasteiger partial charge on any atom is 0.142 e. The summed E-state index contributed by atoms with van der Waals surface area (Å²) in [5, 5.41) is 4.52. The Labute approximate surface area is 106 Å². The molecule has 0 aliphatic rings. The minimum absolute atomic E-state index is 0.259. The van der Waals surface area contributed by atoms with Crippen LogP contribution in [0.25, 0.3) is 0 Å². The molecule has 0 aliphatic heterocycles. The standard InChI is InChI=1S/C13H17N3S/c1-8-6-4-5-7-11(8)10(3)15-13-9(2)12(14)16-17-13/h4-7,10,15H,1-3H3,(H2,14,16). The van der Waals surface area contributed by atoms with Gasteiger partial charge in [-0.2, -0.15) is 4.37 Å². The molecular formula is C13H17N3S. The van der Waals surface area contributed by atoms with Crippen molar-refractivity contribution in [2.24, 2.45) is 0 Å². The van der Waals surface area contributed by atoms with E-state index in [1.165, 1.54) is 22.7 Å². The molecule has 2 aromatic rings. The number of anilines is 2. The quantitative estimate of drug-likeness (QED) is 0.872. The van der Waals surface area contributed by atoms with Crippen molar-refractivity contribution < 1.29 is 0 Å². The van der Waals surface area contributed by atoms with E-state index in [2.05, 4.69) is 47.8 Å². The van der Waals surface area contributed by atoms with Gasteiger partial charge in [-0.05, 0) is 43.4 Å². The highest BCUT2D eigenvalue weighted by atomic mass is 32.1. The maximum absolute atomic E-state index is 5.74. The lowest BCUT2D eigenvalue weighted by Crippen LogP contribution is -2.07. The Morgan fingerprint density at radius 1 is 1.29 bits per heavy atom. The van der Waals surface area contributed by atoms with Gasteiger partial charge in [0, 0.05) is 11.6 Å². The lowest BCUT2D eigenvalue weighted by molar-refractivity contribution is 0.877. The zero-order valence-corrected chi connectivity index (χ0v) is 11.1. The fraction of sp³-hybridized carbons (Fsp3) is 0.308. The summed E-state index contributed by atoms with van der Waals surface area (Å²) >= 11 is 1.42. The van der Waals surface area contributed by atoms with Gasteiger partial charge in [0.1, 0.15) is 10.8 Å². The van der Waals surface area contributed by atoms with Crippen molar-refractivity contribution in [3.05, 3.63) is 41.0 Å². The van der Waals surface area contributed by atoms with Crippen LogP contribution in [-0.4, -0.2) is 4.37 Å². The van der Waals surface area contributed by atoms with Crippen LogP contribution in [-0.2, 0) is 0 Å². The van der Waals surface area contributed by atoms with Crippen molar-refractivity contribution in [1.82, 2.24) is 4.37 Å². The lowest BCUT2D eigenvalue weighted by Gasteiger charge is -2.16. The van der Waals surface area contributed by atoms with E-state index in [1.807, 2.05) is 6.92 Å². The third-order valence-corrected chi connectivity index (χ3v) is 3.86. The molecule has 4 heteroatoms. The average molecular weight is 247 g/mol. The Hall–Kier alpha value is -1.55. The molecule has 1 aromatic carbocycles. The Bertz CT molecular complexity index is 519. The molecule has 0 aliphatic carbocycles. The Morgan fingerprint density at radius 3 is 2.59 bits per heavy atom. The van der Waals surface area contributed by atoms with E-state index in [9.17, 15) is 0 Å².